The Kier molecular flexibility index (Phi) is 4.35. The molecule has 1 unspecified atom stereocenters. The molecule has 4 rings (SSSR count). The molecule has 0 bridgehead atoms. The number of likely N-dealkylation sites (tertiary alicyclic amines) is 1. The number of hydrogen-bond donors (Lipinski definition) is 1. The first-order valence-corrected chi connectivity index (χ1v) is 10.1. The highest BCUT2D eigenvalue weighted by Gasteiger charge is 2.33. The summed E-state index contributed by atoms with van der Waals surface area (Å²) in [6.07, 6.45) is 1.88. The van der Waals surface area contributed by atoms with Crippen molar-refractivity contribution in [3.8, 4) is 5.88 Å². The van der Waals surface area contributed by atoms with Gasteiger partial charge in [-0.15, -0.1) is 16.4 Å². The average Bonchev–Trinajstić information content (AvgIpc) is 3.28. The minimum Gasteiger partial charge on any atom is -0.492 e. The second kappa shape index (κ2) is 6.51. The number of nitrogens with zero attached hydrogens (tertiary/aromatic N) is 4. The molecule has 1 atom stereocenters. The van der Waals surface area contributed by atoms with Crippen molar-refractivity contribution in [2.24, 2.45) is 0 Å². The van der Waals surface area contributed by atoms with Gasteiger partial charge >= 0.3 is 0 Å². The van der Waals surface area contributed by atoms with Crippen molar-refractivity contribution in [3.63, 3.8) is 0 Å². The van der Waals surface area contributed by atoms with E-state index in [1.165, 1.54) is 21.8 Å². The molecule has 0 saturated carbocycles. The number of fused-ring (bicyclic) bond motifs is 1. The van der Waals surface area contributed by atoms with E-state index in [9.17, 15) is 9.90 Å². The summed E-state index contributed by atoms with van der Waals surface area (Å²) >= 11 is 3.18. The van der Waals surface area contributed by atoms with Crippen LogP contribution in [0.25, 0.3) is 4.96 Å². The van der Waals surface area contributed by atoms with Gasteiger partial charge in [0.25, 0.3) is 0 Å². The van der Waals surface area contributed by atoms with Crippen LogP contribution < -0.4 is 0 Å². The van der Waals surface area contributed by atoms with Crippen molar-refractivity contribution in [3.05, 3.63) is 32.6 Å². The number of aromatic hydroxyl groups is 1. The Bertz CT molecular complexity index is 917. The normalized spacial score (nSPS) is 17.4. The highest BCUT2D eigenvalue weighted by atomic mass is 32.1. The predicted molar refractivity (Wildman–Crippen MR) is 98.6 cm³/mol. The Morgan fingerprint density at radius 1 is 1.32 bits per heavy atom. The number of carbonyl (C=O) groups excluding carboxylic acids is 1. The van der Waals surface area contributed by atoms with Crippen LogP contribution in [0.15, 0.2) is 11.4 Å². The summed E-state index contributed by atoms with van der Waals surface area (Å²) in [5, 5.41) is 17.3. The summed E-state index contributed by atoms with van der Waals surface area (Å²) in [4.78, 5) is 21.2. The number of carbonyl (C=O) groups is 1. The van der Waals surface area contributed by atoms with Crippen molar-refractivity contribution < 1.29 is 9.90 Å². The Balaban J connectivity index is 1.80. The summed E-state index contributed by atoms with van der Waals surface area (Å²) in [6, 6.07) is 2.05. The minimum atomic E-state index is -0.0494. The molecule has 0 amide bonds. The van der Waals surface area contributed by atoms with Crippen molar-refractivity contribution in [1.82, 2.24) is 19.5 Å². The smallest absolute Gasteiger partial charge is 0.230 e. The van der Waals surface area contributed by atoms with Gasteiger partial charge in [0.2, 0.25) is 10.8 Å². The van der Waals surface area contributed by atoms with Crippen molar-refractivity contribution in [1.29, 1.82) is 0 Å². The van der Waals surface area contributed by atoms with Crippen LogP contribution in [-0.2, 0) is 11.2 Å². The molecule has 3 aromatic rings. The number of hydrogen-bond acceptors (Lipinski definition) is 7. The van der Waals surface area contributed by atoms with Crippen molar-refractivity contribution in [2.45, 2.75) is 39.2 Å². The first-order chi connectivity index (χ1) is 12.1. The molecule has 3 aromatic heterocycles. The first kappa shape index (κ1) is 16.7. The number of ketones is 1. The Morgan fingerprint density at radius 3 is 2.68 bits per heavy atom. The number of aryl methyl sites for hydroxylation is 2. The summed E-state index contributed by atoms with van der Waals surface area (Å²) in [7, 11) is 0. The Labute approximate surface area is 153 Å². The maximum atomic E-state index is 11.7. The average molecular weight is 377 g/mol. The summed E-state index contributed by atoms with van der Waals surface area (Å²) < 4.78 is 1.55. The lowest BCUT2D eigenvalue weighted by atomic mass is 10.0. The van der Waals surface area contributed by atoms with E-state index in [-0.39, 0.29) is 11.9 Å². The molecule has 0 radical (unpaired) electrons. The van der Waals surface area contributed by atoms with E-state index in [0.29, 0.717) is 31.7 Å². The molecule has 1 aliphatic rings. The molecule has 0 aliphatic carbocycles. The lowest BCUT2D eigenvalue weighted by Gasteiger charge is -2.33. The van der Waals surface area contributed by atoms with E-state index in [4.69, 9.17) is 0 Å². The zero-order chi connectivity index (χ0) is 17.6. The quantitative estimate of drug-likeness (QED) is 0.757. The maximum Gasteiger partial charge on any atom is 0.230 e. The second-order valence-electron chi connectivity index (χ2n) is 6.31. The minimum absolute atomic E-state index is 0.0494. The SMILES string of the molecule is CCc1nc2sc(C(c3sccc3C)N3CCC(=O)CC3)c(O)n2n1. The number of thiazole rings is 1. The third-order valence-electron chi connectivity index (χ3n) is 4.68. The van der Waals surface area contributed by atoms with E-state index in [0.717, 1.165) is 22.1 Å². The monoisotopic (exact) mass is 376 g/mol. The highest BCUT2D eigenvalue weighted by molar-refractivity contribution is 7.17. The number of aromatic nitrogens is 3. The molecule has 1 fully saturated rings. The van der Waals surface area contributed by atoms with Gasteiger partial charge in [-0.3, -0.25) is 9.69 Å². The Hall–Kier alpha value is -1.77. The van der Waals surface area contributed by atoms with E-state index < -0.39 is 0 Å². The highest BCUT2D eigenvalue weighted by Crippen LogP contribution is 2.43. The molecule has 1 saturated heterocycles. The fraction of sp³-hybridized carbons (Fsp3) is 0.471. The van der Waals surface area contributed by atoms with Gasteiger partial charge < -0.3 is 5.11 Å². The molecule has 0 spiro atoms. The van der Waals surface area contributed by atoms with Crippen molar-refractivity contribution in [2.75, 3.05) is 13.1 Å². The lowest BCUT2D eigenvalue weighted by Crippen LogP contribution is -2.37. The fourth-order valence-electron chi connectivity index (χ4n) is 3.27. The molecular formula is C17H20N4O2S2. The molecule has 8 heteroatoms. The maximum absolute atomic E-state index is 11.7. The number of rotatable bonds is 4. The van der Waals surface area contributed by atoms with E-state index >= 15 is 0 Å². The number of piperidine rings is 1. The second-order valence-corrected chi connectivity index (χ2v) is 8.27. The molecule has 132 valence electrons. The summed E-state index contributed by atoms with van der Waals surface area (Å²) in [6.45, 7) is 5.53. The standard InChI is InChI=1S/C17H20N4O2S2/c1-3-12-18-17-21(19-12)16(23)15(25-17)13(14-10(2)6-9-24-14)20-7-4-11(22)5-8-20/h6,9,13,23H,3-5,7-8H2,1-2H3. The van der Waals surface area contributed by atoms with Crippen LogP contribution in [0.4, 0.5) is 0 Å². The van der Waals surface area contributed by atoms with Gasteiger partial charge in [-0.1, -0.05) is 18.3 Å². The van der Waals surface area contributed by atoms with Crippen LogP contribution in [0.2, 0.25) is 0 Å². The topological polar surface area (TPSA) is 70.7 Å². The van der Waals surface area contributed by atoms with Crippen molar-refractivity contribution >= 4 is 33.4 Å². The van der Waals surface area contributed by atoms with Gasteiger partial charge in [0.15, 0.2) is 5.82 Å². The zero-order valence-corrected chi connectivity index (χ0v) is 15.9. The van der Waals surface area contributed by atoms with Crippen LogP contribution >= 0.6 is 22.7 Å². The molecule has 6 nitrogen and oxygen atoms in total. The van der Waals surface area contributed by atoms with Gasteiger partial charge in [-0.05, 0) is 23.9 Å². The zero-order valence-electron chi connectivity index (χ0n) is 14.2. The molecule has 4 heterocycles. The van der Waals surface area contributed by atoms with Crippen LogP contribution in [0, 0.1) is 6.92 Å². The third kappa shape index (κ3) is 2.88. The van der Waals surface area contributed by atoms with Crippen LogP contribution in [0.3, 0.4) is 0 Å². The lowest BCUT2D eigenvalue weighted by molar-refractivity contribution is -0.121. The number of Topliss-reactive ketones (excluding diaryl/α,β-unsaturated/α-hetero) is 1. The molecule has 1 N–H and O–H groups in total. The largest absolute Gasteiger partial charge is 0.492 e. The van der Waals surface area contributed by atoms with Gasteiger partial charge in [-0.2, -0.15) is 4.52 Å². The first-order valence-electron chi connectivity index (χ1n) is 8.45. The molecule has 25 heavy (non-hydrogen) atoms. The van der Waals surface area contributed by atoms with Crippen LogP contribution in [0.5, 0.6) is 5.88 Å². The fourth-order valence-corrected chi connectivity index (χ4v) is 5.53. The predicted octanol–water partition coefficient (Wildman–Crippen LogP) is 3.18. The van der Waals surface area contributed by atoms with Gasteiger partial charge in [-0.25, -0.2) is 4.98 Å². The molecular weight excluding hydrogens is 356 g/mol. The Morgan fingerprint density at radius 2 is 2.08 bits per heavy atom. The number of thiophene rings is 1. The third-order valence-corrected chi connectivity index (χ3v) is 6.82. The molecule has 0 aromatic carbocycles. The van der Waals surface area contributed by atoms with Crippen LogP contribution in [0.1, 0.15) is 46.9 Å². The van der Waals surface area contributed by atoms with E-state index in [2.05, 4.69) is 33.4 Å². The van der Waals surface area contributed by atoms with Gasteiger partial charge in [0.05, 0.1) is 10.9 Å². The van der Waals surface area contributed by atoms with E-state index in [1.54, 1.807) is 15.9 Å². The van der Waals surface area contributed by atoms with Crippen LogP contribution in [-0.4, -0.2) is 43.5 Å². The van der Waals surface area contributed by atoms with Gasteiger partial charge in [0, 0.05) is 37.2 Å². The molecule has 1 aliphatic heterocycles. The van der Waals surface area contributed by atoms with E-state index in [1.807, 2.05) is 6.92 Å². The summed E-state index contributed by atoms with van der Waals surface area (Å²) in [5.74, 6) is 1.22. The summed E-state index contributed by atoms with van der Waals surface area (Å²) in [5.41, 5.74) is 1.21. The van der Waals surface area contributed by atoms with Gasteiger partial charge in [0.1, 0.15) is 5.78 Å².